The molecule has 0 aromatic heterocycles. The van der Waals surface area contributed by atoms with Crippen LogP contribution in [0.4, 0.5) is 5.69 Å². The zero-order valence-electron chi connectivity index (χ0n) is 13.2. The van der Waals surface area contributed by atoms with Gasteiger partial charge in [-0.1, -0.05) is 29.3 Å². The molecule has 0 spiro atoms. The highest BCUT2D eigenvalue weighted by molar-refractivity contribution is 14.1. The molecule has 2 atom stereocenters. The molecule has 0 N–H and O–H groups in total. The van der Waals surface area contributed by atoms with Crippen molar-refractivity contribution in [1.29, 1.82) is 0 Å². The van der Waals surface area contributed by atoms with Crippen LogP contribution in [0.1, 0.15) is 18.4 Å². The van der Waals surface area contributed by atoms with E-state index in [0.717, 1.165) is 14.8 Å². The monoisotopic (exact) mass is 500 g/mol. The number of aryl methyl sites for hydroxylation is 1. The van der Waals surface area contributed by atoms with Crippen LogP contribution in [0.3, 0.4) is 0 Å². The van der Waals surface area contributed by atoms with Gasteiger partial charge in [-0.2, -0.15) is 0 Å². The predicted octanol–water partition coefficient (Wildman–Crippen LogP) is 3.72. The number of hydrogen-bond acceptors (Lipinski definition) is 2. The van der Waals surface area contributed by atoms with Crippen LogP contribution < -0.4 is 4.90 Å². The van der Waals surface area contributed by atoms with E-state index in [1.165, 1.54) is 4.90 Å². The first-order valence-electron chi connectivity index (χ1n) is 7.50. The van der Waals surface area contributed by atoms with Gasteiger partial charge in [0, 0.05) is 29.3 Å². The lowest BCUT2D eigenvalue weighted by molar-refractivity contribution is -0.137. The molecule has 1 heterocycles. The molecular weight excluding hydrogens is 485 g/mol. The van der Waals surface area contributed by atoms with Crippen LogP contribution >= 0.6 is 57.4 Å². The van der Waals surface area contributed by atoms with E-state index in [9.17, 15) is 9.59 Å². The van der Waals surface area contributed by atoms with E-state index in [1.54, 1.807) is 11.9 Å². The fourth-order valence-electron chi connectivity index (χ4n) is 2.95. The van der Waals surface area contributed by atoms with E-state index in [-0.39, 0.29) is 12.3 Å². The second-order valence-corrected chi connectivity index (χ2v) is 9.62. The normalized spacial score (nSPS) is 28.2. The molecule has 1 aromatic rings. The van der Waals surface area contributed by atoms with Gasteiger partial charge in [-0.15, -0.1) is 11.6 Å². The molecule has 1 aliphatic carbocycles. The Morgan fingerprint density at radius 2 is 2.00 bits per heavy atom. The van der Waals surface area contributed by atoms with E-state index in [4.69, 9.17) is 34.8 Å². The summed E-state index contributed by atoms with van der Waals surface area (Å²) in [5, 5.41) is 0. The van der Waals surface area contributed by atoms with Crippen molar-refractivity contribution < 1.29 is 9.59 Å². The highest BCUT2D eigenvalue weighted by Crippen LogP contribution is 2.62. The zero-order valence-corrected chi connectivity index (χ0v) is 17.6. The van der Waals surface area contributed by atoms with Crippen molar-refractivity contribution >= 4 is 74.9 Å². The van der Waals surface area contributed by atoms with Crippen LogP contribution in [0.2, 0.25) is 0 Å². The number of amides is 2. The van der Waals surface area contributed by atoms with E-state index in [1.807, 2.05) is 25.1 Å². The molecule has 24 heavy (non-hydrogen) atoms. The van der Waals surface area contributed by atoms with Crippen molar-refractivity contribution in [1.82, 2.24) is 4.90 Å². The van der Waals surface area contributed by atoms with Crippen molar-refractivity contribution in [2.24, 2.45) is 0 Å². The molecule has 1 saturated carbocycles. The quantitative estimate of drug-likeness (QED) is 0.468. The van der Waals surface area contributed by atoms with Crippen LogP contribution in [0, 0.1) is 10.5 Å². The summed E-state index contributed by atoms with van der Waals surface area (Å²) in [5.41, 5.74) is 2.00. The summed E-state index contributed by atoms with van der Waals surface area (Å²) in [6.07, 6.45) is 0.741. The van der Waals surface area contributed by atoms with Gasteiger partial charge in [0.1, 0.15) is 10.4 Å². The maximum absolute atomic E-state index is 12.8. The Morgan fingerprint density at radius 1 is 1.38 bits per heavy atom. The standard InChI is InChI=1S/C16H16Cl3IN2O2/c1-9-3-4-10(7-11(9)20)22-6-5-12(13(22)23)21(2)14(24)15(17)8-16(15,18)19/h3-4,7,12H,5-6,8H2,1-2H3. The van der Waals surface area contributed by atoms with Crippen molar-refractivity contribution in [3.05, 3.63) is 27.3 Å². The first kappa shape index (κ1) is 18.5. The van der Waals surface area contributed by atoms with Crippen LogP contribution in [-0.2, 0) is 9.59 Å². The molecule has 1 saturated heterocycles. The van der Waals surface area contributed by atoms with Gasteiger partial charge in [-0.3, -0.25) is 9.59 Å². The first-order chi connectivity index (χ1) is 11.1. The Labute approximate surface area is 169 Å². The highest BCUT2D eigenvalue weighted by atomic mass is 127. The Morgan fingerprint density at radius 3 is 2.54 bits per heavy atom. The lowest BCUT2D eigenvalue weighted by Crippen LogP contribution is -2.47. The summed E-state index contributed by atoms with van der Waals surface area (Å²) in [7, 11) is 1.58. The molecule has 2 aliphatic rings. The lowest BCUT2D eigenvalue weighted by atomic mass is 10.2. The van der Waals surface area contributed by atoms with Crippen LogP contribution in [0.25, 0.3) is 0 Å². The number of hydrogen-bond donors (Lipinski definition) is 0. The maximum Gasteiger partial charge on any atom is 0.249 e. The summed E-state index contributed by atoms with van der Waals surface area (Å²) in [6.45, 7) is 2.58. The van der Waals surface area contributed by atoms with E-state index in [0.29, 0.717) is 13.0 Å². The average Bonchev–Trinajstić information content (AvgIpc) is 2.85. The summed E-state index contributed by atoms with van der Waals surface area (Å²) in [5.74, 6) is -0.506. The molecule has 2 amide bonds. The minimum atomic E-state index is -1.32. The minimum Gasteiger partial charge on any atom is -0.332 e. The number of nitrogens with zero attached hydrogens (tertiary/aromatic N) is 2. The molecule has 0 bridgehead atoms. The number of rotatable bonds is 3. The average molecular weight is 502 g/mol. The smallest absolute Gasteiger partial charge is 0.249 e. The van der Waals surface area contributed by atoms with Gasteiger partial charge in [-0.05, 0) is 53.6 Å². The Hall–Kier alpha value is -0.240. The van der Waals surface area contributed by atoms with Gasteiger partial charge >= 0.3 is 0 Å². The van der Waals surface area contributed by atoms with Gasteiger partial charge in [0.15, 0.2) is 4.87 Å². The number of anilines is 1. The zero-order chi connectivity index (χ0) is 17.9. The summed E-state index contributed by atoms with van der Waals surface area (Å²) in [6, 6.07) is 5.34. The third kappa shape index (κ3) is 2.91. The molecule has 3 rings (SSSR count). The second kappa shape index (κ2) is 6.18. The molecule has 2 unspecified atom stereocenters. The number of carbonyl (C=O) groups excluding carboxylic acids is 2. The van der Waals surface area contributed by atoms with Crippen molar-refractivity contribution in [2.75, 3.05) is 18.5 Å². The summed E-state index contributed by atoms with van der Waals surface area (Å²) < 4.78 is -0.161. The molecule has 1 aliphatic heterocycles. The molecular formula is C16H16Cl3IN2O2. The number of carbonyl (C=O) groups is 2. The van der Waals surface area contributed by atoms with Crippen LogP contribution in [0.5, 0.6) is 0 Å². The first-order valence-corrected chi connectivity index (χ1v) is 9.71. The Bertz CT molecular complexity index is 727. The second-order valence-electron chi connectivity index (χ2n) is 6.33. The molecule has 4 nitrogen and oxygen atoms in total. The maximum atomic E-state index is 12.8. The number of alkyl halides is 3. The van der Waals surface area contributed by atoms with Crippen molar-refractivity contribution in [2.45, 2.75) is 35.0 Å². The highest BCUT2D eigenvalue weighted by Gasteiger charge is 2.72. The van der Waals surface area contributed by atoms with Crippen LogP contribution in [0.15, 0.2) is 18.2 Å². The van der Waals surface area contributed by atoms with E-state index in [2.05, 4.69) is 22.6 Å². The lowest BCUT2D eigenvalue weighted by Gasteiger charge is -2.26. The fourth-order valence-corrected chi connectivity index (χ4v) is 4.48. The number of benzene rings is 1. The number of likely N-dealkylation sites (N-methyl/N-ethyl adjacent to an activating group) is 1. The summed E-state index contributed by atoms with van der Waals surface area (Å²) >= 11 is 20.4. The van der Waals surface area contributed by atoms with E-state index < -0.39 is 21.2 Å². The predicted molar refractivity (Wildman–Crippen MR) is 105 cm³/mol. The van der Waals surface area contributed by atoms with Gasteiger partial charge in [0.25, 0.3) is 0 Å². The molecule has 8 heteroatoms. The van der Waals surface area contributed by atoms with Gasteiger partial charge in [0.05, 0.1) is 0 Å². The third-order valence-corrected chi connectivity index (χ3v) is 7.58. The van der Waals surface area contributed by atoms with Gasteiger partial charge < -0.3 is 9.80 Å². The number of halogens is 4. The summed E-state index contributed by atoms with van der Waals surface area (Å²) in [4.78, 5) is 27.1. The van der Waals surface area contributed by atoms with Crippen molar-refractivity contribution in [3.63, 3.8) is 0 Å². The molecule has 1 aromatic carbocycles. The van der Waals surface area contributed by atoms with Gasteiger partial charge in [0.2, 0.25) is 11.8 Å². The van der Waals surface area contributed by atoms with Crippen molar-refractivity contribution in [3.8, 4) is 0 Å². The topological polar surface area (TPSA) is 40.6 Å². The van der Waals surface area contributed by atoms with E-state index >= 15 is 0 Å². The Balaban J connectivity index is 1.76. The van der Waals surface area contributed by atoms with Crippen LogP contribution in [-0.4, -0.2) is 45.6 Å². The van der Waals surface area contributed by atoms with Gasteiger partial charge in [-0.25, -0.2) is 0 Å². The molecule has 2 fully saturated rings. The molecule has 130 valence electrons. The molecule has 0 radical (unpaired) electrons. The third-order valence-electron chi connectivity index (χ3n) is 4.69. The SMILES string of the molecule is Cc1ccc(N2CCC(N(C)C(=O)C3(Cl)CC3(Cl)Cl)C2=O)cc1I. The Kier molecular flexibility index (Phi) is 4.78. The fraction of sp³-hybridized carbons (Fsp3) is 0.500. The largest absolute Gasteiger partial charge is 0.332 e. The minimum absolute atomic E-state index is 0.110.